The first-order valence-electron chi connectivity index (χ1n) is 6.27. The van der Waals surface area contributed by atoms with E-state index in [1.54, 1.807) is 26.2 Å². The van der Waals surface area contributed by atoms with Crippen molar-refractivity contribution in [3.05, 3.63) is 58.0 Å². The third-order valence-electron chi connectivity index (χ3n) is 3.03. The monoisotopic (exact) mass is 289 g/mol. The minimum Gasteiger partial charge on any atom is -0.467 e. The Kier molecular flexibility index (Phi) is 4.22. The Hall–Kier alpha value is -2.83. The molecule has 1 aromatic heterocycles. The molecule has 21 heavy (non-hydrogen) atoms. The van der Waals surface area contributed by atoms with E-state index in [4.69, 9.17) is 4.42 Å². The van der Waals surface area contributed by atoms with Gasteiger partial charge in [-0.15, -0.1) is 0 Å². The lowest BCUT2D eigenvalue weighted by Gasteiger charge is -2.17. The van der Waals surface area contributed by atoms with Gasteiger partial charge in [0.1, 0.15) is 5.76 Å². The maximum absolute atomic E-state index is 12.4. The van der Waals surface area contributed by atoms with Crippen LogP contribution >= 0.6 is 0 Å². The molecule has 0 fully saturated rings. The number of nitrogens with one attached hydrogen (secondary N) is 1. The first-order chi connectivity index (χ1) is 10.0. The number of amides is 1. The van der Waals surface area contributed by atoms with Gasteiger partial charge < -0.3 is 14.6 Å². The predicted octanol–water partition coefficient (Wildman–Crippen LogP) is 2.50. The van der Waals surface area contributed by atoms with E-state index in [0.717, 1.165) is 0 Å². The van der Waals surface area contributed by atoms with Crippen LogP contribution in [0.4, 0.5) is 11.4 Å². The number of anilines is 1. The molecule has 0 aliphatic rings. The maximum atomic E-state index is 12.4. The summed E-state index contributed by atoms with van der Waals surface area (Å²) in [6, 6.07) is 7.64. The smallest absolute Gasteiger partial charge is 0.270 e. The number of nitrogens with zero attached hydrogens (tertiary/aromatic N) is 2. The molecule has 1 amide bonds. The third kappa shape index (κ3) is 3.19. The molecule has 0 saturated carbocycles. The van der Waals surface area contributed by atoms with Gasteiger partial charge in [-0.3, -0.25) is 14.9 Å². The third-order valence-corrected chi connectivity index (χ3v) is 3.03. The van der Waals surface area contributed by atoms with E-state index < -0.39 is 4.92 Å². The highest BCUT2D eigenvalue weighted by Crippen LogP contribution is 2.23. The van der Waals surface area contributed by atoms with E-state index in [1.807, 2.05) is 0 Å². The second-order valence-electron chi connectivity index (χ2n) is 4.48. The highest BCUT2D eigenvalue weighted by atomic mass is 16.6. The standard InChI is InChI=1S/C14H15N3O4/c1-15-13-6-5-10(17(19)20)8-12(13)14(18)16(2)9-11-4-3-7-21-11/h3-8,15H,9H2,1-2H3. The summed E-state index contributed by atoms with van der Waals surface area (Å²) < 4.78 is 5.19. The summed E-state index contributed by atoms with van der Waals surface area (Å²) in [5, 5.41) is 13.7. The van der Waals surface area contributed by atoms with Crippen LogP contribution in [-0.2, 0) is 6.54 Å². The highest BCUT2D eigenvalue weighted by Gasteiger charge is 2.20. The van der Waals surface area contributed by atoms with Crippen LogP contribution in [0.5, 0.6) is 0 Å². The summed E-state index contributed by atoms with van der Waals surface area (Å²) >= 11 is 0. The van der Waals surface area contributed by atoms with Gasteiger partial charge in [0.25, 0.3) is 11.6 Å². The molecular formula is C14H15N3O4. The van der Waals surface area contributed by atoms with Crippen LogP contribution in [-0.4, -0.2) is 29.8 Å². The molecule has 0 unspecified atom stereocenters. The summed E-state index contributed by atoms with van der Waals surface area (Å²) in [5.41, 5.74) is 0.668. The minimum absolute atomic E-state index is 0.122. The number of non-ortho nitro benzene ring substituents is 1. The van der Waals surface area contributed by atoms with Crippen LogP contribution in [0, 0.1) is 10.1 Å². The second-order valence-corrected chi connectivity index (χ2v) is 4.48. The number of hydrogen-bond donors (Lipinski definition) is 1. The molecule has 110 valence electrons. The number of benzene rings is 1. The summed E-state index contributed by atoms with van der Waals surface area (Å²) in [6.45, 7) is 0.289. The van der Waals surface area contributed by atoms with Crippen molar-refractivity contribution in [3.63, 3.8) is 0 Å². The van der Waals surface area contributed by atoms with Gasteiger partial charge in [0.05, 0.1) is 23.3 Å². The van der Waals surface area contributed by atoms with Gasteiger partial charge >= 0.3 is 0 Å². The van der Waals surface area contributed by atoms with Crippen LogP contribution in [0.1, 0.15) is 16.1 Å². The van der Waals surface area contributed by atoms with Crippen LogP contribution in [0.2, 0.25) is 0 Å². The lowest BCUT2D eigenvalue weighted by atomic mass is 10.1. The number of furan rings is 1. The zero-order chi connectivity index (χ0) is 15.4. The topological polar surface area (TPSA) is 88.6 Å². The normalized spacial score (nSPS) is 10.2. The van der Waals surface area contributed by atoms with Gasteiger partial charge in [-0.1, -0.05) is 0 Å². The van der Waals surface area contributed by atoms with Gasteiger partial charge in [0.15, 0.2) is 0 Å². The summed E-state index contributed by atoms with van der Waals surface area (Å²) in [7, 11) is 3.27. The van der Waals surface area contributed by atoms with E-state index in [9.17, 15) is 14.9 Å². The van der Waals surface area contributed by atoms with Crippen molar-refractivity contribution < 1.29 is 14.1 Å². The van der Waals surface area contributed by atoms with Crippen molar-refractivity contribution in [2.45, 2.75) is 6.54 Å². The lowest BCUT2D eigenvalue weighted by molar-refractivity contribution is -0.384. The fourth-order valence-electron chi connectivity index (χ4n) is 1.95. The number of nitro benzene ring substituents is 1. The van der Waals surface area contributed by atoms with Gasteiger partial charge in [0, 0.05) is 31.9 Å². The molecule has 2 aromatic rings. The average Bonchev–Trinajstić information content (AvgIpc) is 2.98. The number of nitro groups is 1. The molecule has 1 heterocycles. The van der Waals surface area contributed by atoms with E-state index in [-0.39, 0.29) is 23.7 Å². The molecule has 2 rings (SSSR count). The summed E-state index contributed by atoms with van der Waals surface area (Å²) in [5.74, 6) is 0.321. The number of hydrogen-bond acceptors (Lipinski definition) is 5. The van der Waals surface area contributed by atoms with Gasteiger partial charge in [-0.25, -0.2) is 0 Å². The zero-order valence-corrected chi connectivity index (χ0v) is 11.7. The molecule has 0 aliphatic heterocycles. The van der Waals surface area contributed by atoms with E-state index in [0.29, 0.717) is 11.4 Å². The van der Waals surface area contributed by atoms with Gasteiger partial charge in [0.2, 0.25) is 0 Å². The van der Waals surface area contributed by atoms with Crippen LogP contribution < -0.4 is 5.32 Å². The largest absolute Gasteiger partial charge is 0.467 e. The molecule has 0 saturated heterocycles. The molecule has 1 aromatic carbocycles. The Balaban J connectivity index is 2.28. The Labute approximate surface area is 121 Å². The molecule has 0 spiro atoms. The lowest BCUT2D eigenvalue weighted by Crippen LogP contribution is -2.26. The molecule has 7 nitrogen and oxygen atoms in total. The highest BCUT2D eigenvalue weighted by molar-refractivity contribution is 6.00. The molecule has 1 N–H and O–H groups in total. The van der Waals surface area contributed by atoms with Crippen molar-refractivity contribution in [2.24, 2.45) is 0 Å². The van der Waals surface area contributed by atoms with Crippen LogP contribution in [0.25, 0.3) is 0 Å². The van der Waals surface area contributed by atoms with Gasteiger partial charge in [-0.05, 0) is 18.2 Å². The molecular weight excluding hydrogens is 274 g/mol. The Bertz CT molecular complexity index is 652. The number of carbonyl (C=O) groups is 1. The predicted molar refractivity (Wildman–Crippen MR) is 77.1 cm³/mol. The Morgan fingerprint density at radius 1 is 1.43 bits per heavy atom. The summed E-state index contributed by atoms with van der Waals surface area (Å²) in [4.78, 5) is 24.2. The fraction of sp³-hybridized carbons (Fsp3) is 0.214. The SMILES string of the molecule is CNc1ccc([N+](=O)[O-])cc1C(=O)N(C)Cc1ccco1. The van der Waals surface area contributed by atoms with Crippen molar-refractivity contribution in [2.75, 3.05) is 19.4 Å². The number of rotatable bonds is 5. The Morgan fingerprint density at radius 2 is 2.19 bits per heavy atom. The molecule has 0 aliphatic carbocycles. The molecule has 0 bridgehead atoms. The van der Waals surface area contributed by atoms with Crippen molar-refractivity contribution >= 4 is 17.3 Å². The van der Waals surface area contributed by atoms with E-state index in [2.05, 4.69) is 5.32 Å². The first-order valence-corrected chi connectivity index (χ1v) is 6.27. The Morgan fingerprint density at radius 3 is 2.76 bits per heavy atom. The van der Waals surface area contributed by atoms with Crippen molar-refractivity contribution in [1.82, 2.24) is 4.90 Å². The van der Waals surface area contributed by atoms with Crippen LogP contribution in [0.15, 0.2) is 41.0 Å². The zero-order valence-electron chi connectivity index (χ0n) is 11.7. The second kappa shape index (κ2) is 6.08. The van der Waals surface area contributed by atoms with Crippen LogP contribution in [0.3, 0.4) is 0 Å². The minimum atomic E-state index is -0.525. The van der Waals surface area contributed by atoms with E-state index >= 15 is 0 Å². The average molecular weight is 289 g/mol. The molecule has 0 atom stereocenters. The molecule has 7 heteroatoms. The molecule has 0 radical (unpaired) electrons. The van der Waals surface area contributed by atoms with Crippen molar-refractivity contribution in [3.8, 4) is 0 Å². The van der Waals surface area contributed by atoms with E-state index in [1.165, 1.54) is 29.4 Å². The maximum Gasteiger partial charge on any atom is 0.270 e. The fourth-order valence-corrected chi connectivity index (χ4v) is 1.95. The first kappa shape index (κ1) is 14.6. The van der Waals surface area contributed by atoms with Crippen molar-refractivity contribution in [1.29, 1.82) is 0 Å². The quantitative estimate of drug-likeness (QED) is 0.674. The summed E-state index contributed by atoms with van der Waals surface area (Å²) in [6.07, 6.45) is 1.53. The van der Waals surface area contributed by atoms with Gasteiger partial charge in [-0.2, -0.15) is 0 Å². The number of carbonyl (C=O) groups excluding carboxylic acids is 1.